The van der Waals surface area contributed by atoms with Gasteiger partial charge in [0.05, 0.1) is 17.6 Å². The van der Waals surface area contributed by atoms with E-state index in [0.717, 1.165) is 68.6 Å². The van der Waals surface area contributed by atoms with E-state index >= 15 is 0 Å². The summed E-state index contributed by atoms with van der Waals surface area (Å²) in [6, 6.07) is 8.22. The number of piperidine rings is 1. The lowest BCUT2D eigenvalue weighted by molar-refractivity contribution is -0.147. The molecule has 0 radical (unpaired) electrons. The number of aromatic nitrogens is 2. The normalized spacial score (nSPS) is 23.3. The third-order valence-corrected chi connectivity index (χ3v) is 7.70. The summed E-state index contributed by atoms with van der Waals surface area (Å²) in [5.41, 5.74) is 1.72. The van der Waals surface area contributed by atoms with Crippen LogP contribution in [0.2, 0.25) is 0 Å². The first-order valence-corrected chi connectivity index (χ1v) is 12.6. The molecule has 1 aromatic carbocycles. The third-order valence-electron chi connectivity index (χ3n) is 7.70. The van der Waals surface area contributed by atoms with Crippen LogP contribution >= 0.6 is 0 Å². The van der Waals surface area contributed by atoms with Crippen LogP contribution in [0.1, 0.15) is 58.7 Å². The Labute approximate surface area is 197 Å². The summed E-state index contributed by atoms with van der Waals surface area (Å²) in [6.07, 6.45) is 5.88. The molecular weight excluding hydrogens is 414 g/mol. The van der Waals surface area contributed by atoms with E-state index < -0.39 is 0 Å². The Balaban J connectivity index is 1.23. The predicted molar refractivity (Wildman–Crippen MR) is 131 cm³/mol. The van der Waals surface area contributed by atoms with Crippen molar-refractivity contribution in [2.75, 3.05) is 32.7 Å². The predicted octanol–water partition coefficient (Wildman–Crippen LogP) is 3.36. The van der Waals surface area contributed by atoms with Gasteiger partial charge < -0.3 is 15.2 Å². The van der Waals surface area contributed by atoms with E-state index in [1.165, 1.54) is 0 Å². The van der Waals surface area contributed by atoms with Crippen LogP contribution in [0.5, 0.6) is 0 Å². The molecule has 7 nitrogen and oxygen atoms in total. The molecule has 2 N–H and O–H groups in total. The standard InChI is InChI=1S/C26H39N5O2/c1-19(2)31-15-7-6-13-26(3,25(31)33)20-11-16-30(17-12-20)18-24(32)27-14-10-23-28-21-8-4-5-9-22(21)29-23/h4-5,8-9,19-20H,6-7,10-18H2,1-3H3,(H,27,32)(H,28,29)/t26-/m1/s1. The van der Waals surface area contributed by atoms with Crippen LogP contribution < -0.4 is 5.32 Å². The van der Waals surface area contributed by atoms with Gasteiger partial charge in [-0.2, -0.15) is 0 Å². The number of imidazole rings is 1. The zero-order valence-electron chi connectivity index (χ0n) is 20.4. The molecule has 2 amide bonds. The number of nitrogens with one attached hydrogen (secondary N) is 2. The number of para-hydroxylation sites is 2. The molecule has 0 unspecified atom stereocenters. The van der Waals surface area contributed by atoms with Crippen LogP contribution in [0.4, 0.5) is 0 Å². The fourth-order valence-corrected chi connectivity index (χ4v) is 5.61. The molecule has 0 bridgehead atoms. The second kappa shape index (κ2) is 10.2. The maximum absolute atomic E-state index is 13.4. The molecule has 2 aliphatic heterocycles. The van der Waals surface area contributed by atoms with Crippen molar-refractivity contribution in [3.63, 3.8) is 0 Å². The number of likely N-dealkylation sites (tertiary alicyclic amines) is 2. The fraction of sp³-hybridized carbons (Fsp3) is 0.654. The first-order chi connectivity index (χ1) is 15.9. The van der Waals surface area contributed by atoms with Crippen molar-refractivity contribution in [1.29, 1.82) is 0 Å². The van der Waals surface area contributed by atoms with Gasteiger partial charge in [-0.05, 0) is 70.7 Å². The van der Waals surface area contributed by atoms with E-state index in [0.29, 0.717) is 31.3 Å². The molecule has 1 aromatic heterocycles. The Kier molecular flexibility index (Phi) is 7.37. The van der Waals surface area contributed by atoms with Gasteiger partial charge in [0.15, 0.2) is 0 Å². The number of rotatable bonds is 7. The summed E-state index contributed by atoms with van der Waals surface area (Å²) in [4.78, 5) is 38.1. The topological polar surface area (TPSA) is 81.3 Å². The highest BCUT2D eigenvalue weighted by molar-refractivity contribution is 5.83. The molecule has 2 aliphatic rings. The maximum atomic E-state index is 13.4. The van der Waals surface area contributed by atoms with Gasteiger partial charge in [0, 0.05) is 31.0 Å². The molecule has 7 heteroatoms. The Morgan fingerprint density at radius 1 is 1.21 bits per heavy atom. The summed E-state index contributed by atoms with van der Waals surface area (Å²) in [5, 5.41) is 3.04. The highest BCUT2D eigenvalue weighted by Crippen LogP contribution is 2.43. The summed E-state index contributed by atoms with van der Waals surface area (Å²) in [7, 11) is 0. The van der Waals surface area contributed by atoms with Crippen molar-refractivity contribution >= 4 is 22.8 Å². The summed E-state index contributed by atoms with van der Waals surface area (Å²) in [6.45, 7) is 10.1. The number of carbonyl (C=O) groups is 2. The van der Waals surface area contributed by atoms with Crippen LogP contribution in [0.3, 0.4) is 0 Å². The Hall–Kier alpha value is -2.41. The SMILES string of the molecule is CC(C)N1CCCC[C@](C)(C2CCN(CC(=O)NCCc3nc4ccccc4[nH]3)CC2)C1=O. The Bertz CT molecular complexity index is 929. The van der Waals surface area contributed by atoms with E-state index in [-0.39, 0.29) is 17.4 Å². The first kappa shape index (κ1) is 23.7. The Morgan fingerprint density at radius 2 is 1.97 bits per heavy atom. The van der Waals surface area contributed by atoms with Crippen LogP contribution in [0.15, 0.2) is 24.3 Å². The monoisotopic (exact) mass is 453 g/mol. The highest BCUT2D eigenvalue weighted by atomic mass is 16.2. The third kappa shape index (κ3) is 5.40. The van der Waals surface area contributed by atoms with Crippen LogP contribution in [-0.2, 0) is 16.0 Å². The smallest absolute Gasteiger partial charge is 0.234 e. The quantitative estimate of drug-likeness (QED) is 0.674. The molecule has 0 saturated carbocycles. The van der Waals surface area contributed by atoms with E-state index in [2.05, 4.69) is 45.9 Å². The van der Waals surface area contributed by atoms with Crippen molar-refractivity contribution < 1.29 is 9.59 Å². The van der Waals surface area contributed by atoms with Crippen LogP contribution in [0, 0.1) is 11.3 Å². The first-order valence-electron chi connectivity index (χ1n) is 12.6. The Morgan fingerprint density at radius 3 is 2.70 bits per heavy atom. The average Bonchev–Trinajstić information content (AvgIpc) is 3.14. The minimum Gasteiger partial charge on any atom is -0.355 e. The van der Waals surface area contributed by atoms with Gasteiger partial charge in [0.1, 0.15) is 5.82 Å². The van der Waals surface area contributed by atoms with Crippen molar-refractivity contribution in [2.24, 2.45) is 11.3 Å². The lowest BCUT2D eigenvalue weighted by Gasteiger charge is -2.43. The van der Waals surface area contributed by atoms with E-state index in [1.807, 2.05) is 24.3 Å². The number of fused-ring (bicyclic) bond motifs is 1. The van der Waals surface area contributed by atoms with Crippen molar-refractivity contribution in [3.8, 4) is 0 Å². The number of H-pyrrole nitrogens is 1. The van der Waals surface area contributed by atoms with Gasteiger partial charge in [-0.3, -0.25) is 14.5 Å². The molecule has 2 fully saturated rings. The fourth-order valence-electron chi connectivity index (χ4n) is 5.61. The van der Waals surface area contributed by atoms with E-state index in [9.17, 15) is 9.59 Å². The summed E-state index contributed by atoms with van der Waals surface area (Å²) >= 11 is 0. The zero-order chi connectivity index (χ0) is 23.4. The number of carbonyl (C=O) groups excluding carboxylic acids is 2. The minimum absolute atomic E-state index is 0.0623. The van der Waals surface area contributed by atoms with Crippen LogP contribution in [-0.4, -0.2) is 70.3 Å². The van der Waals surface area contributed by atoms with Gasteiger partial charge in [-0.15, -0.1) is 0 Å². The zero-order valence-corrected chi connectivity index (χ0v) is 20.4. The summed E-state index contributed by atoms with van der Waals surface area (Å²) in [5.74, 6) is 1.70. The lowest BCUT2D eigenvalue weighted by Crippen LogP contribution is -2.51. The largest absolute Gasteiger partial charge is 0.355 e. The minimum atomic E-state index is -0.262. The molecule has 2 saturated heterocycles. The molecule has 2 aromatic rings. The summed E-state index contributed by atoms with van der Waals surface area (Å²) < 4.78 is 0. The molecule has 0 spiro atoms. The maximum Gasteiger partial charge on any atom is 0.234 e. The van der Waals surface area contributed by atoms with Crippen molar-refractivity contribution in [2.45, 2.75) is 65.3 Å². The van der Waals surface area contributed by atoms with Crippen LogP contribution in [0.25, 0.3) is 11.0 Å². The average molecular weight is 454 g/mol. The number of hydrogen-bond donors (Lipinski definition) is 2. The van der Waals surface area contributed by atoms with E-state index in [1.54, 1.807) is 0 Å². The van der Waals surface area contributed by atoms with E-state index in [4.69, 9.17) is 0 Å². The molecule has 1 atom stereocenters. The molecule has 4 rings (SSSR count). The van der Waals surface area contributed by atoms with Gasteiger partial charge in [-0.1, -0.05) is 25.5 Å². The van der Waals surface area contributed by atoms with Gasteiger partial charge >= 0.3 is 0 Å². The second-order valence-corrected chi connectivity index (χ2v) is 10.3. The lowest BCUT2D eigenvalue weighted by atomic mass is 9.69. The van der Waals surface area contributed by atoms with Crippen molar-refractivity contribution in [3.05, 3.63) is 30.1 Å². The second-order valence-electron chi connectivity index (χ2n) is 10.3. The number of aromatic amines is 1. The number of amides is 2. The van der Waals surface area contributed by atoms with Gasteiger partial charge in [0.25, 0.3) is 0 Å². The number of nitrogens with zero attached hydrogens (tertiary/aromatic N) is 3. The van der Waals surface area contributed by atoms with Gasteiger partial charge in [0.2, 0.25) is 11.8 Å². The molecule has 180 valence electrons. The molecule has 3 heterocycles. The number of hydrogen-bond acceptors (Lipinski definition) is 4. The molecular formula is C26H39N5O2. The van der Waals surface area contributed by atoms with Crippen molar-refractivity contribution in [1.82, 2.24) is 25.1 Å². The number of benzene rings is 1. The molecule has 0 aliphatic carbocycles. The van der Waals surface area contributed by atoms with Gasteiger partial charge in [-0.25, -0.2) is 4.98 Å². The highest BCUT2D eigenvalue weighted by Gasteiger charge is 2.45. The molecule has 33 heavy (non-hydrogen) atoms.